The van der Waals surface area contributed by atoms with Crippen LogP contribution in [0.4, 0.5) is 0 Å². The van der Waals surface area contributed by atoms with Crippen LogP contribution in [0, 0.1) is 0 Å². The minimum Gasteiger partial charge on any atom is -0.309 e. The van der Waals surface area contributed by atoms with E-state index in [-0.39, 0.29) is 11.3 Å². The molecule has 0 bridgehead atoms. The second kappa shape index (κ2) is 8.08. The van der Waals surface area contributed by atoms with Crippen LogP contribution < -0.4 is 0 Å². The molecule has 1 heterocycles. The van der Waals surface area contributed by atoms with Gasteiger partial charge in [-0.3, -0.25) is 0 Å². The van der Waals surface area contributed by atoms with Crippen molar-refractivity contribution in [3.8, 4) is 27.9 Å². The predicted molar refractivity (Wildman–Crippen MR) is 171 cm³/mol. The molecule has 0 saturated heterocycles. The van der Waals surface area contributed by atoms with Crippen molar-refractivity contribution in [3.05, 3.63) is 161 Å². The summed E-state index contributed by atoms with van der Waals surface area (Å²) in [5, 5.41) is 2.60. The molecule has 1 nitrogen and oxygen atoms in total. The summed E-state index contributed by atoms with van der Waals surface area (Å²) >= 11 is 0. The highest BCUT2D eigenvalue weighted by Crippen LogP contribution is 2.55. The zero-order valence-corrected chi connectivity index (χ0v) is 23.2. The fourth-order valence-corrected chi connectivity index (χ4v) is 7.78. The first-order chi connectivity index (χ1) is 20.1. The number of nitrogens with zero attached hydrogens (tertiary/aromatic N) is 1. The molecule has 0 saturated carbocycles. The molecule has 0 amide bonds. The Balaban J connectivity index is 1.30. The normalized spacial score (nSPS) is 16.0. The molecule has 0 N–H and O–H groups in total. The van der Waals surface area contributed by atoms with E-state index >= 15 is 0 Å². The van der Waals surface area contributed by atoms with Gasteiger partial charge in [0.2, 0.25) is 0 Å². The third kappa shape index (κ3) is 3.01. The van der Waals surface area contributed by atoms with Crippen LogP contribution >= 0.6 is 0 Å². The minimum atomic E-state index is -0.0205. The maximum atomic E-state index is 2.53. The average Bonchev–Trinajstić information content (AvgIpc) is 3.60. The maximum Gasteiger partial charge on any atom is 0.0541 e. The van der Waals surface area contributed by atoms with Gasteiger partial charge in [0.15, 0.2) is 0 Å². The molecule has 0 aliphatic heterocycles. The van der Waals surface area contributed by atoms with E-state index in [1.54, 1.807) is 0 Å². The van der Waals surface area contributed by atoms with Gasteiger partial charge in [-0.15, -0.1) is 0 Å². The number of fused-ring (bicyclic) bond motifs is 9. The molecule has 9 rings (SSSR count). The molecule has 41 heavy (non-hydrogen) atoms. The molecular weight excluding hydrogens is 494 g/mol. The molecule has 1 atom stereocenters. The van der Waals surface area contributed by atoms with Gasteiger partial charge in [-0.25, -0.2) is 0 Å². The Labute approximate surface area is 240 Å². The lowest BCUT2D eigenvalue weighted by atomic mass is 9.80. The smallest absolute Gasteiger partial charge is 0.0541 e. The van der Waals surface area contributed by atoms with E-state index in [0.29, 0.717) is 0 Å². The third-order valence-electron chi connectivity index (χ3n) is 9.67. The lowest BCUT2D eigenvalue weighted by Crippen LogP contribution is -2.15. The van der Waals surface area contributed by atoms with E-state index in [2.05, 4.69) is 152 Å². The van der Waals surface area contributed by atoms with Crippen LogP contribution in [0.15, 0.2) is 133 Å². The SMILES string of the molecule is CC1(C)c2ccccc2-c2cc3c(cc21)C(c1ccc2c(c1)c1ccccc1n2-c1ccccc1)c1ccccc1-3. The molecule has 0 fully saturated rings. The lowest BCUT2D eigenvalue weighted by molar-refractivity contribution is 0.659. The van der Waals surface area contributed by atoms with Crippen LogP contribution in [-0.2, 0) is 5.41 Å². The Bertz CT molecular complexity index is 2180. The van der Waals surface area contributed by atoms with Crippen LogP contribution in [0.1, 0.15) is 47.6 Å². The van der Waals surface area contributed by atoms with Crippen LogP contribution in [-0.4, -0.2) is 4.57 Å². The fourth-order valence-electron chi connectivity index (χ4n) is 7.78. The summed E-state index contributed by atoms with van der Waals surface area (Å²) in [7, 11) is 0. The van der Waals surface area contributed by atoms with Crippen molar-refractivity contribution in [2.45, 2.75) is 25.2 Å². The zero-order valence-electron chi connectivity index (χ0n) is 23.2. The number of para-hydroxylation sites is 2. The maximum absolute atomic E-state index is 2.53. The van der Waals surface area contributed by atoms with E-state index in [0.717, 1.165) is 0 Å². The van der Waals surface area contributed by atoms with E-state index in [1.807, 2.05) is 0 Å². The second-order valence-corrected chi connectivity index (χ2v) is 12.1. The third-order valence-corrected chi connectivity index (χ3v) is 9.67. The van der Waals surface area contributed by atoms with Gasteiger partial charge in [-0.1, -0.05) is 111 Å². The van der Waals surface area contributed by atoms with Crippen molar-refractivity contribution in [1.82, 2.24) is 4.57 Å². The van der Waals surface area contributed by atoms with Crippen LogP contribution in [0.5, 0.6) is 0 Å². The first-order valence-corrected chi connectivity index (χ1v) is 14.6. The highest BCUT2D eigenvalue weighted by atomic mass is 15.0. The van der Waals surface area contributed by atoms with Crippen LogP contribution in [0.2, 0.25) is 0 Å². The highest BCUT2D eigenvalue weighted by Gasteiger charge is 2.39. The van der Waals surface area contributed by atoms with Crippen molar-refractivity contribution in [2.24, 2.45) is 0 Å². The first kappa shape index (κ1) is 22.9. The molecule has 2 aliphatic rings. The van der Waals surface area contributed by atoms with Crippen molar-refractivity contribution in [1.29, 1.82) is 0 Å². The largest absolute Gasteiger partial charge is 0.309 e. The number of aromatic nitrogens is 1. The number of hydrogen-bond donors (Lipinski definition) is 0. The Kier molecular flexibility index (Phi) is 4.51. The summed E-state index contributed by atoms with van der Waals surface area (Å²) in [4.78, 5) is 0. The van der Waals surface area contributed by atoms with E-state index in [1.165, 1.54) is 77.6 Å². The molecule has 194 valence electrons. The van der Waals surface area contributed by atoms with Gasteiger partial charge < -0.3 is 4.57 Å². The van der Waals surface area contributed by atoms with Crippen molar-refractivity contribution >= 4 is 21.8 Å². The molecular formula is C40H29N. The Morgan fingerprint density at radius 2 is 1.20 bits per heavy atom. The second-order valence-electron chi connectivity index (χ2n) is 12.1. The fraction of sp³-hybridized carbons (Fsp3) is 0.100. The quantitative estimate of drug-likeness (QED) is 0.212. The van der Waals surface area contributed by atoms with Crippen molar-refractivity contribution < 1.29 is 0 Å². The van der Waals surface area contributed by atoms with Crippen molar-refractivity contribution in [2.75, 3.05) is 0 Å². The molecule has 6 aromatic carbocycles. The van der Waals surface area contributed by atoms with Crippen LogP contribution in [0.3, 0.4) is 0 Å². The Morgan fingerprint density at radius 3 is 2.07 bits per heavy atom. The van der Waals surface area contributed by atoms with Crippen LogP contribution in [0.25, 0.3) is 49.7 Å². The Morgan fingerprint density at radius 1 is 0.488 bits per heavy atom. The highest BCUT2D eigenvalue weighted by molar-refractivity contribution is 6.09. The van der Waals surface area contributed by atoms with E-state index in [4.69, 9.17) is 0 Å². The van der Waals surface area contributed by atoms with Gasteiger partial charge in [-0.2, -0.15) is 0 Å². The topological polar surface area (TPSA) is 4.93 Å². The summed E-state index contributed by atoms with van der Waals surface area (Å²) in [6.07, 6.45) is 0. The van der Waals surface area contributed by atoms with Gasteiger partial charge >= 0.3 is 0 Å². The van der Waals surface area contributed by atoms with E-state index in [9.17, 15) is 0 Å². The molecule has 1 unspecified atom stereocenters. The number of rotatable bonds is 2. The summed E-state index contributed by atoms with van der Waals surface area (Å²) in [6, 6.07) is 49.7. The number of benzene rings is 6. The number of hydrogen-bond acceptors (Lipinski definition) is 0. The predicted octanol–water partition coefficient (Wildman–Crippen LogP) is 10.3. The van der Waals surface area contributed by atoms with Gasteiger partial charge in [0.1, 0.15) is 0 Å². The van der Waals surface area contributed by atoms with Gasteiger partial charge in [0.25, 0.3) is 0 Å². The monoisotopic (exact) mass is 523 g/mol. The van der Waals surface area contributed by atoms with E-state index < -0.39 is 0 Å². The van der Waals surface area contributed by atoms with Crippen molar-refractivity contribution in [3.63, 3.8) is 0 Å². The molecule has 2 aliphatic carbocycles. The molecule has 0 spiro atoms. The summed E-state index contributed by atoms with van der Waals surface area (Å²) in [6.45, 7) is 4.76. The summed E-state index contributed by atoms with van der Waals surface area (Å²) < 4.78 is 2.40. The zero-order chi connectivity index (χ0) is 27.3. The molecule has 1 heteroatoms. The average molecular weight is 524 g/mol. The van der Waals surface area contributed by atoms with Gasteiger partial charge in [-0.05, 0) is 86.5 Å². The molecule has 1 aromatic heterocycles. The lowest BCUT2D eigenvalue weighted by Gasteiger charge is -2.23. The minimum absolute atomic E-state index is 0.0205. The Hall–Kier alpha value is -4.88. The molecule has 7 aromatic rings. The standard InChI is InChI=1S/C40H29N/c1-40(2)35-18-10-8-15-28(35)32-23-31-27-14-6-7-17-30(27)39(34(31)24-36(32)40)25-20-21-38-33(22-25)29-16-9-11-19-37(29)41(38)26-12-4-3-5-13-26/h3-24,39H,1-2H3. The molecule has 0 radical (unpaired) electrons. The summed E-state index contributed by atoms with van der Waals surface area (Å²) in [5.41, 5.74) is 16.2. The van der Waals surface area contributed by atoms with Gasteiger partial charge in [0.05, 0.1) is 11.0 Å². The first-order valence-electron chi connectivity index (χ1n) is 14.6. The van der Waals surface area contributed by atoms with Gasteiger partial charge in [0, 0.05) is 27.8 Å². The summed E-state index contributed by atoms with van der Waals surface area (Å²) in [5.74, 6) is 0.203.